The molecule has 1 aliphatic heterocycles. The molecule has 18 heavy (non-hydrogen) atoms. The Labute approximate surface area is 110 Å². The monoisotopic (exact) mass is 257 g/mol. The van der Waals surface area contributed by atoms with E-state index < -0.39 is 0 Å². The van der Waals surface area contributed by atoms with E-state index in [1.165, 1.54) is 19.3 Å². The summed E-state index contributed by atoms with van der Waals surface area (Å²) in [6.45, 7) is 6.74. The number of nitrogens with one attached hydrogen (secondary N) is 2. The summed E-state index contributed by atoms with van der Waals surface area (Å²) in [6.07, 6.45) is 3.80. The summed E-state index contributed by atoms with van der Waals surface area (Å²) in [5.74, 6) is 0.0877. The molecule has 5 nitrogen and oxygen atoms in total. The van der Waals surface area contributed by atoms with Crippen LogP contribution in [0.3, 0.4) is 0 Å². The molecule has 0 bridgehead atoms. The first-order valence-corrected chi connectivity index (χ1v) is 6.97. The van der Waals surface area contributed by atoms with Gasteiger partial charge in [-0.15, -0.1) is 0 Å². The third kappa shape index (κ3) is 6.33. The van der Waals surface area contributed by atoms with E-state index in [0.29, 0.717) is 25.7 Å². The number of ether oxygens (including phenoxy) is 1. The van der Waals surface area contributed by atoms with Crippen molar-refractivity contribution < 1.29 is 9.53 Å². The van der Waals surface area contributed by atoms with Crippen molar-refractivity contribution in [1.29, 1.82) is 0 Å². The van der Waals surface area contributed by atoms with E-state index in [2.05, 4.69) is 22.5 Å². The Hall–Kier alpha value is -0.650. The largest absolute Gasteiger partial charge is 0.383 e. The summed E-state index contributed by atoms with van der Waals surface area (Å²) >= 11 is 0. The van der Waals surface area contributed by atoms with Gasteiger partial charge in [0.15, 0.2) is 0 Å². The zero-order chi connectivity index (χ0) is 13.2. The van der Waals surface area contributed by atoms with Gasteiger partial charge < -0.3 is 15.4 Å². The Kier molecular flexibility index (Phi) is 7.96. The maximum atomic E-state index is 11.7. The number of carbonyl (C=O) groups excluding carboxylic acids is 1. The molecule has 1 saturated heterocycles. The quantitative estimate of drug-likeness (QED) is 0.611. The van der Waals surface area contributed by atoms with Crippen LogP contribution in [0.15, 0.2) is 0 Å². The molecule has 0 aromatic rings. The molecule has 1 fully saturated rings. The average Bonchev–Trinajstić information content (AvgIpc) is 2.39. The molecular weight excluding hydrogens is 230 g/mol. The van der Waals surface area contributed by atoms with E-state index in [9.17, 15) is 4.79 Å². The fourth-order valence-electron chi connectivity index (χ4n) is 2.25. The summed E-state index contributed by atoms with van der Waals surface area (Å²) in [5, 5.41) is 6.38. The topological polar surface area (TPSA) is 53.6 Å². The van der Waals surface area contributed by atoms with Crippen LogP contribution in [0.4, 0.5) is 0 Å². The molecule has 0 aliphatic carbocycles. The van der Waals surface area contributed by atoms with Gasteiger partial charge in [-0.1, -0.05) is 13.3 Å². The maximum absolute atomic E-state index is 11.7. The van der Waals surface area contributed by atoms with Gasteiger partial charge in [0.25, 0.3) is 0 Å². The van der Waals surface area contributed by atoms with Crippen molar-refractivity contribution in [2.75, 3.05) is 46.4 Å². The van der Waals surface area contributed by atoms with E-state index >= 15 is 0 Å². The van der Waals surface area contributed by atoms with E-state index in [-0.39, 0.29) is 5.91 Å². The molecule has 106 valence electrons. The molecule has 0 spiro atoms. The van der Waals surface area contributed by atoms with Crippen LogP contribution in [-0.4, -0.2) is 63.3 Å². The van der Waals surface area contributed by atoms with Gasteiger partial charge in [0.05, 0.1) is 13.2 Å². The van der Waals surface area contributed by atoms with Crippen molar-refractivity contribution in [3.05, 3.63) is 0 Å². The highest BCUT2D eigenvalue weighted by atomic mass is 16.5. The molecule has 0 aromatic carbocycles. The van der Waals surface area contributed by atoms with Crippen LogP contribution >= 0.6 is 0 Å². The fourth-order valence-corrected chi connectivity index (χ4v) is 2.25. The lowest BCUT2D eigenvalue weighted by molar-refractivity contribution is -0.122. The second kappa shape index (κ2) is 9.30. The zero-order valence-electron chi connectivity index (χ0n) is 11.7. The first-order chi connectivity index (χ1) is 8.76. The van der Waals surface area contributed by atoms with Gasteiger partial charge in [-0.3, -0.25) is 9.69 Å². The first kappa shape index (κ1) is 15.4. The second-order valence-corrected chi connectivity index (χ2v) is 4.82. The molecule has 1 aliphatic rings. The summed E-state index contributed by atoms with van der Waals surface area (Å²) < 4.78 is 4.91. The van der Waals surface area contributed by atoms with E-state index in [1.807, 2.05) is 0 Å². The molecule has 1 atom stereocenters. The van der Waals surface area contributed by atoms with Crippen LogP contribution in [0.1, 0.15) is 26.2 Å². The third-order valence-corrected chi connectivity index (χ3v) is 3.33. The number of methoxy groups -OCH3 is 1. The van der Waals surface area contributed by atoms with Crippen molar-refractivity contribution in [2.24, 2.45) is 0 Å². The Morgan fingerprint density at radius 1 is 1.50 bits per heavy atom. The fraction of sp³-hybridized carbons (Fsp3) is 0.923. The molecule has 2 N–H and O–H groups in total. The summed E-state index contributed by atoms with van der Waals surface area (Å²) in [6, 6.07) is 0.547. The Balaban J connectivity index is 2.20. The average molecular weight is 257 g/mol. The number of hydrogen-bond acceptors (Lipinski definition) is 4. The minimum absolute atomic E-state index is 0.0877. The standard InChI is InChI=1S/C13H27N3O2/c1-3-16(10-12-6-4-5-7-14-12)11-13(17)15-8-9-18-2/h12,14H,3-11H2,1-2H3,(H,15,17). The summed E-state index contributed by atoms with van der Waals surface area (Å²) in [5.41, 5.74) is 0. The van der Waals surface area contributed by atoms with Crippen molar-refractivity contribution in [1.82, 2.24) is 15.5 Å². The summed E-state index contributed by atoms with van der Waals surface area (Å²) in [4.78, 5) is 13.9. The van der Waals surface area contributed by atoms with Crippen LogP contribution in [0.5, 0.6) is 0 Å². The molecule has 1 unspecified atom stereocenters. The number of amides is 1. The number of nitrogens with zero attached hydrogens (tertiary/aromatic N) is 1. The van der Waals surface area contributed by atoms with Gasteiger partial charge >= 0.3 is 0 Å². The highest BCUT2D eigenvalue weighted by molar-refractivity contribution is 5.77. The number of carbonyl (C=O) groups is 1. The molecule has 1 heterocycles. The van der Waals surface area contributed by atoms with E-state index in [4.69, 9.17) is 4.74 Å². The van der Waals surface area contributed by atoms with Crippen LogP contribution in [0.2, 0.25) is 0 Å². The lowest BCUT2D eigenvalue weighted by Crippen LogP contribution is -2.46. The molecule has 0 aromatic heterocycles. The molecular formula is C13H27N3O2. The SMILES string of the molecule is CCN(CC(=O)NCCOC)CC1CCCCN1. The van der Waals surface area contributed by atoms with Gasteiger partial charge in [0, 0.05) is 26.2 Å². The van der Waals surface area contributed by atoms with Crippen LogP contribution in [0.25, 0.3) is 0 Å². The summed E-state index contributed by atoms with van der Waals surface area (Å²) in [7, 11) is 1.64. The van der Waals surface area contributed by atoms with Crippen molar-refractivity contribution >= 4 is 5.91 Å². The Bertz CT molecular complexity index is 230. The molecule has 1 amide bonds. The number of hydrogen-bond donors (Lipinski definition) is 2. The van der Waals surface area contributed by atoms with Crippen LogP contribution < -0.4 is 10.6 Å². The van der Waals surface area contributed by atoms with E-state index in [0.717, 1.165) is 19.6 Å². The number of rotatable bonds is 8. The van der Waals surface area contributed by atoms with Crippen molar-refractivity contribution in [2.45, 2.75) is 32.2 Å². The minimum Gasteiger partial charge on any atom is -0.383 e. The third-order valence-electron chi connectivity index (χ3n) is 3.33. The Morgan fingerprint density at radius 3 is 2.94 bits per heavy atom. The maximum Gasteiger partial charge on any atom is 0.234 e. The zero-order valence-corrected chi connectivity index (χ0v) is 11.7. The number of piperidine rings is 1. The minimum atomic E-state index is 0.0877. The van der Waals surface area contributed by atoms with E-state index in [1.54, 1.807) is 7.11 Å². The lowest BCUT2D eigenvalue weighted by Gasteiger charge is -2.29. The van der Waals surface area contributed by atoms with Gasteiger partial charge in [-0.2, -0.15) is 0 Å². The predicted octanol–water partition coefficient (Wildman–Crippen LogP) is 0.213. The molecule has 0 radical (unpaired) electrons. The van der Waals surface area contributed by atoms with Gasteiger partial charge in [0.2, 0.25) is 5.91 Å². The van der Waals surface area contributed by atoms with Crippen LogP contribution in [-0.2, 0) is 9.53 Å². The highest BCUT2D eigenvalue weighted by Crippen LogP contribution is 2.08. The lowest BCUT2D eigenvalue weighted by atomic mass is 10.0. The second-order valence-electron chi connectivity index (χ2n) is 4.82. The van der Waals surface area contributed by atoms with Crippen molar-refractivity contribution in [3.8, 4) is 0 Å². The first-order valence-electron chi connectivity index (χ1n) is 6.97. The van der Waals surface area contributed by atoms with Gasteiger partial charge in [0.1, 0.15) is 0 Å². The van der Waals surface area contributed by atoms with Crippen molar-refractivity contribution in [3.63, 3.8) is 0 Å². The van der Waals surface area contributed by atoms with Crippen LogP contribution in [0, 0.1) is 0 Å². The normalized spacial score (nSPS) is 20.1. The molecule has 0 saturated carbocycles. The molecule has 5 heteroatoms. The Morgan fingerprint density at radius 2 is 2.33 bits per heavy atom. The molecule has 1 rings (SSSR count). The van der Waals surface area contributed by atoms with Gasteiger partial charge in [-0.05, 0) is 25.9 Å². The smallest absolute Gasteiger partial charge is 0.234 e. The number of likely N-dealkylation sites (N-methyl/N-ethyl adjacent to an activating group) is 1. The van der Waals surface area contributed by atoms with Gasteiger partial charge in [-0.25, -0.2) is 0 Å². The predicted molar refractivity (Wildman–Crippen MR) is 72.6 cm³/mol. The highest BCUT2D eigenvalue weighted by Gasteiger charge is 2.17.